The number of nitrogens with two attached hydrogens (primary N) is 1. The fourth-order valence-corrected chi connectivity index (χ4v) is 1.71. The van der Waals surface area contributed by atoms with E-state index < -0.39 is 5.60 Å². The van der Waals surface area contributed by atoms with Crippen LogP contribution in [0.25, 0.3) is 0 Å². The lowest BCUT2D eigenvalue weighted by molar-refractivity contribution is 0.0568. The zero-order chi connectivity index (χ0) is 13.1. The summed E-state index contributed by atoms with van der Waals surface area (Å²) in [6.07, 6.45) is 1.70. The predicted molar refractivity (Wildman–Crippen MR) is 70.7 cm³/mol. The van der Waals surface area contributed by atoms with Crippen LogP contribution < -0.4 is 11.1 Å². The van der Waals surface area contributed by atoms with E-state index in [-0.39, 0.29) is 0 Å². The van der Waals surface area contributed by atoms with E-state index in [4.69, 9.17) is 5.73 Å². The molecule has 0 fully saturated rings. The molecule has 0 aliphatic heterocycles. The van der Waals surface area contributed by atoms with Gasteiger partial charge in [-0.3, -0.25) is 0 Å². The van der Waals surface area contributed by atoms with Gasteiger partial charge in [-0.1, -0.05) is 13.8 Å². The van der Waals surface area contributed by atoms with Crippen molar-refractivity contribution in [1.82, 2.24) is 10.3 Å². The van der Waals surface area contributed by atoms with Gasteiger partial charge in [0.1, 0.15) is 11.4 Å². The van der Waals surface area contributed by atoms with E-state index >= 15 is 0 Å². The third-order valence-corrected chi connectivity index (χ3v) is 2.66. The van der Waals surface area contributed by atoms with Crippen LogP contribution in [0.15, 0.2) is 12.3 Å². The monoisotopic (exact) mass is 237 g/mol. The molecule has 4 nitrogen and oxygen atoms in total. The first-order chi connectivity index (χ1) is 7.83. The number of anilines is 1. The normalized spacial score (nSPS) is 14.9. The van der Waals surface area contributed by atoms with Crippen molar-refractivity contribution in [2.45, 2.75) is 33.3 Å². The Labute approximate surface area is 103 Å². The van der Waals surface area contributed by atoms with Crippen molar-refractivity contribution in [2.75, 3.05) is 18.8 Å². The first-order valence-corrected chi connectivity index (χ1v) is 5.98. The van der Waals surface area contributed by atoms with Gasteiger partial charge in [0.2, 0.25) is 0 Å². The van der Waals surface area contributed by atoms with E-state index in [9.17, 15) is 5.11 Å². The lowest BCUT2D eigenvalue weighted by atomic mass is 9.95. The van der Waals surface area contributed by atoms with Crippen LogP contribution in [0, 0.1) is 12.8 Å². The van der Waals surface area contributed by atoms with E-state index in [0.717, 1.165) is 12.1 Å². The number of nitrogen functional groups attached to an aromatic ring is 1. The van der Waals surface area contributed by atoms with Gasteiger partial charge < -0.3 is 16.2 Å². The van der Waals surface area contributed by atoms with Crippen molar-refractivity contribution in [3.8, 4) is 0 Å². The number of aliphatic hydroxyl groups is 1. The first-order valence-electron chi connectivity index (χ1n) is 5.98. The van der Waals surface area contributed by atoms with E-state index in [2.05, 4.69) is 24.1 Å². The minimum absolute atomic E-state index is 0.395. The van der Waals surface area contributed by atoms with Crippen LogP contribution in [0.4, 0.5) is 5.82 Å². The topological polar surface area (TPSA) is 71.2 Å². The van der Waals surface area contributed by atoms with Crippen molar-refractivity contribution in [2.24, 2.45) is 5.92 Å². The average molecular weight is 237 g/mol. The maximum absolute atomic E-state index is 10.4. The Balaban J connectivity index is 2.77. The van der Waals surface area contributed by atoms with Crippen LogP contribution in [0.3, 0.4) is 0 Å². The highest BCUT2D eigenvalue weighted by Gasteiger charge is 2.25. The number of pyridine rings is 1. The third-order valence-electron chi connectivity index (χ3n) is 2.66. The molecule has 1 heterocycles. The number of nitrogens with zero attached hydrogens (tertiary/aromatic N) is 1. The van der Waals surface area contributed by atoms with Gasteiger partial charge >= 0.3 is 0 Å². The van der Waals surface area contributed by atoms with Gasteiger partial charge in [0.15, 0.2) is 0 Å². The molecule has 1 rings (SSSR count). The Morgan fingerprint density at radius 3 is 2.76 bits per heavy atom. The Kier molecular flexibility index (Phi) is 4.48. The largest absolute Gasteiger partial charge is 0.384 e. The van der Waals surface area contributed by atoms with Crippen LogP contribution >= 0.6 is 0 Å². The van der Waals surface area contributed by atoms with Crippen molar-refractivity contribution >= 4 is 5.82 Å². The molecule has 1 unspecified atom stereocenters. The second-order valence-corrected chi connectivity index (χ2v) is 5.24. The highest BCUT2D eigenvalue weighted by Crippen LogP contribution is 2.24. The van der Waals surface area contributed by atoms with E-state index in [1.807, 2.05) is 13.0 Å². The molecule has 0 aromatic carbocycles. The summed E-state index contributed by atoms with van der Waals surface area (Å²) in [6, 6.07) is 1.89. The molecule has 0 spiro atoms. The highest BCUT2D eigenvalue weighted by molar-refractivity contribution is 5.44. The summed E-state index contributed by atoms with van der Waals surface area (Å²) < 4.78 is 0. The number of hydrogen-bond acceptors (Lipinski definition) is 4. The molecule has 0 aliphatic rings. The molecular formula is C13H23N3O. The maximum atomic E-state index is 10.4. The molecule has 0 radical (unpaired) electrons. The molecular weight excluding hydrogens is 214 g/mol. The molecule has 96 valence electrons. The van der Waals surface area contributed by atoms with E-state index in [1.165, 1.54) is 0 Å². The van der Waals surface area contributed by atoms with Gasteiger partial charge in [-0.2, -0.15) is 0 Å². The number of aromatic nitrogens is 1. The van der Waals surface area contributed by atoms with Crippen LogP contribution in [-0.2, 0) is 5.60 Å². The number of aryl methyl sites for hydroxylation is 1. The Bertz CT molecular complexity index is 375. The fourth-order valence-electron chi connectivity index (χ4n) is 1.71. The molecule has 1 aromatic heterocycles. The third kappa shape index (κ3) is 3.98. The Hall–Kier alpha value is -1.13. The molecule has 1 atom stereocenters. The van der Waals surface area contributed by atoms with Crippen LogP contribution in [0.2, 0.25) is 0 Å². The summed E-state index contributed by atoms with van der Waals surface area (Å²) in [5.74, 6) is 0.950. The summed E-state index contributed by atoms with van der Waals surface area (Å²) in [4.78, 5) is 4.08. The average Bonchev–Trinajstić information content (AvgIpc) is 2.20. The molecule has 4 heteroatoms. The molecule has 1 aromatic rings. The lowest BCUT2D eigenvalue weighted by Gasteiger charge is -2.26. The second-order valence-electron chi connectivity index (χ2n) is 5.24. The van der Waals surface area contributed by atoms with Crippen molar-refractivity contribution in [3.05, 3.63) is 23.4 Å². The zero-order valence-corrected chi connectivity index (χ0v) is 11.1. The Morgan fingerprint density at radius 2 is 2.18 bits per heavy atom. The molecule has 0 saturated carbocycles. The molecule has 0 bridgehead atoms. The summed E-state index contributed by atoms with van der Waals surface area (Å²) in [5, 5.41) is 13.7. The van der Waals surface area contributed by atoms with Crippen molar-refractivity contribution in [1.29, 1.82) is 0 Å². The molecule has 0 saturated heterocycles. The van der Waals surface area contributed by atoms with Gasteiger partial charge in [-0.15, -0.1) is 0 Å². The molecule has 0 aliphatic carbocycles. The van der Waals surface area contributed by atoms with Crippen LogP contribution in [0.5, 0.6) is 0 Å². The lowest BCUT2D eigenvalue weighted by Crippen LogP contribution is -2.37. The smallest absolute Gasteiger partial charge is 0.129 e. The molecule has 17 heavy (non-hydrogen) atoms. The van der Waals surface area contributed by atoms with E-state index in [1.54, 1.807) is 13.1 Å². The SMILES string of the molecule is Cc1cnc(N)c(C(C)(O)CNCC(C)C)c1. The zero-order valence-electron chi connectivity index (χ0n) is 11.1. The second kappa shape index (κ2) is 5.47. The highest BCUT2D eigenvalue weighted by atomic mass is 16.3. The summed E-state index contributed by atoms with van der Waals surface area (Å²) in [7, 11) is 0. The van der Waals surface area contributed by atoms with E-state index in [0.29, 0.717) is 23.8 Å². The first kappa shape index (κ1) is 13.9. The maximum Gasteiger partial charge on any atom is 0.129 e. The number of rotatable bonds is 5. The van der Waals surface area contributed by atoms with Gasteiger partial charge in [0.25, 0.3) is 0 Å². The van der Waals surface area contributed by atoms with Crippen molar-refractivity contribution < 1.29 is 5.11 Å². The van der Waals surface area contributed by atoms with Crippen LogP contribution in [-0.4, -0.2) is 23.2 Å². The Morgan fingerprint density at radius 1 is 1.53 bits per heavy atom. The summed E-state index contributed by atoms with van der Waals surface area (Å²) >= 11 is 0. The minimum Gasteiger partial charge on any atom is -0.384 e. The summed E-state index contributed by atoms with van der Waals surface area (Å²) in [6.45, 7) is 9.30. The van der Waals surface area contributed by atoms with Gasteiger partial charge in [-0.25, -0.2) is 4.98 Å². The number of nitrogens with one attached hydrogen (secondary N) is 1. The predicted octanol–water partition coefficient (Wildman–Crippen LogP) is 1.43. The minimum atomic E-state index is -0.988. The van der Waals surface area contributed by atoms with Crippen LogP contribution in [0.1, 0.15) is 31.9 Å². The quantitative estimate of drug-likeness (QED) is 0.724. The fraction of sp³-hybridized carbons (Fsp3) is 0.615. The molecule has 0 amide bonds. The molecule has 4 N–H and O–H groups in total. The summed E-state index contributed by atoms with van der Waals surface area (Å²) in [5.41, 5.74) is 6.51. The standard InChI is InChI=1S/C13H23N3O/c1-9(2)6-15-8-13(4,17)11-5-10(3)7-16-12(11)14/h5,7,9,15,17H,6,8H2,1-4H3,(H2,14,16). The number of hydrogen-bond donors (Lipinski definition) is 3. The van der Waals surface area contributed by atoms with Gasteiger partial charge in [0, 0.05) is 18.3 Å². The van der Waals surface area contributed by atoms with Gasteiger partial charge in [0.05, 0.1) is 0 Å². The van der Waals surface area contributed by atoms with Crippen molar-refractivity contribution in [3.63, 3.8) is 0 Å². The van der Waals surface area contributed by atoms with Gasteiger partial charge in [-0.05, 0) is 37.9 Å².